The van der Waals surface area contributed by atoms with Crippen LogP contribution in [0.25, 0.3) is 11.3 Å². The lowest BCUT2D eigenvalue weighted by atomic mass is 10.3. The Balaban J connectivity index is 1.81. The third kappa shape index (κ3) is 2.34. The Morgan fingerprint density at radius 3 is 2.78 bits per heavy atom. The first-order chi connectivity index (χ1) is 8.70. The summed E-state index contributed by atoms with van der Waals surface area (Å²) in [6.45, 7) is 2.02. The Hall–Kier alpha value is -1.53. The van der Waals surface area contributed by atoms with Crippen molar-refractivity contribution < 1.29 is 0 Å². The average molecular weight is 276 g/mol. The lowest BCUT2D eigenvalue weighted by Gasteiger charge is -1.91. The monoisotopic (exact) mass is 276 g/mol. The van der Waals surface area contributed by atoms with Crippen LogP contribution in [-0.4, -0.2) is 19.7 Å². The molecule has 0 fully saturated rings. The van der Waals surface area contributed by atoms with Crippen molar-refractivity contribution in [2.45, 2.75) is 13.3 Å². The highest BCUT2D eigenvalue weighted by Gasteiger charge is 2.08. The number of hydrogen-bond acceptors (Lipinski definition) is 5. The van der Waals surface area contributed by atoms with E-state index in [0.717, 1.165) is 33.4 Å². The summed E-state index contributed by atoms with van der Waals surface area (Å²) in [4.78, 5) is 9.09. The van der Waals surface area contributed by atoms with E-state index in [1.165, 1.54) is 0 Å². The molecule has 92 valence electrons. The number of nitrogens with zero attached hydrogens (tertiary/aromatic N) is 4. The van der Waals surface area contributed by atoms with Crippen LogP contribution in [0.4, 0.5) is 0 Å². The van der Waals surface area contributed by atoms with Gasteiger partial charge in [-0.05, 0) is 6.92 Å². The van der Waals surface area contributed by atoms with Crippen molar-refractivity contribution in [3.05, 3.63) is 38.9 Å². The van der Waals surface area contributed by atoms with Crippen molar-refractivity contribution >= 4 is 22.7 Å². The molecule has 0 saturated heterocycles. The standard InChI is InChI=1S/C12H12N4S2/c1-8-14-10(6-17-8)3-12-15-11(7-18-12)9-4-13-16(2)5-9/h4-7H,3H2,1-2H3. The average Bonchev–Trinajstić information content (AvgIpc) is 3.01. The van der Waals surface area contributed by atoms with Crippen LogP contribution in [0.1, 0.15) is 15.7 Å². The van der Waals surface area contributed by atoms with Crippen LogP contribution >= 0.6 is 22.7 Å². The van der Waals surface area contributed by atoms with Gasteiger partial charge in [-0.25, -0.2) is 9.97 Å². The van der Waals surface area contributed by atoms with Crippen molar-refractivity contribution in [1.82, 2.24) is 19.7 Å². The SMILES string of the molecule is Cc1nc(Cc2nc(-c3cnn(C)c3)cs2)cs1. The van der Waals surface area contributed by atoms with Crippen LogP contribution in [-0.2, 0) is 13.5 Å². The molecule has 0 unspecified atom stereocenters. The molecule has 0 aromatic carbocycles. The largest absolute Gasteiger partial charge is 0.275 e. The predicted octanol–water partition coefficient (Wildman–Crippen LogP) is 2.90. The molecule has 3 heterocycles. The molecule has 0 bridgehead atoms. The first-order valence-corrected chi connectivity index (χ1v) is 7.31. The lowest BCUT2D eigenvalue weighted by molar-refractivity contribution is 0.768. The number of aryl methyl sites for hydroxylation is 2. The van der Waals surface area contributed by atoms with E-state index in [-0.39, 0.29) is 0 Å². The maximum Gasteiger partial charge on any atom is 0.0992 e. The summed E-state index contributed by atoms with van der Waals surface area (Å²) in [5.74, 6) is 0. The summed E-state index contributed by atoms with van der Waals surface area (Å²) >= 11 is 3.36. The van der Waals surface area contributed by atoms with Gasteiger partial charge in [-0.2, -0.15) is 5.10 Å². The third-order valence-electron chi connectivity index (χ3n) is 2.55. The molecule has 4 nitrogen and oxygen atoms in total. The molecule has 0 amide bonds. The Morgan fingerprint density at radius 2 is 2.11 bits per heavy atom. The lowest BCUT2D eigenvalue weighted by Crippen LogP contribution is -1.87. The zero-order chi connectivity index (χ0) is 12.5. The van der Waals surface area contributed by atoms with E-state index in [9.17, 15) is 0 Å². The molecule has 6 heteroatoms. The molecule has 3 aromatic rings. The second kappa shape index (κ2) is 4.62. The van der Waals surface area contributed by atoms with Crippen molar-refractivity contribution in [3.63, 3.8) is 0 Å². The van der Waals surface area contributed by atoms with Crippen molar-refractivity contribution in [1.29, 1.82) is 0 Å². The number of thiazole rings is 2. The summed E-state index contributed by atoms with van der Waals surface area (Å²) in [5, 5.41) is 10.5. The van der Waals surface area contributed by atoms with Crippen LogP contribution in [0.15, 0.2) is 23.2 Å². The maximum atomic E-state index is 4.63. The van der Waals surface area contributed by atoms with E-state index < -0.39 is 0 Å². The Morgan fingerprint density at radius 1 is 1.22 bits per heavy atom. The summed E-state index contributed by atoms with van der Waals surface area (Å²) in [5.41, 5.74) is 3.16. The van der Waals surface area contributed by atoms with Gasteiger partial charge in [-0.15, -0.1) is 22.7 Å². The molecular formula is C12H12N4S2. The fraction of sp³-hybridized carbons (Fsp3) is 0.250. The van der Waals surface area contributed by atoms with Crippen LogP contribution in [0.2, 0.25) is 0 Å². The van der Waals surface area contributed by atoms with E-state index in [1.807, 2.05) is 26.4 Å². The summed E-state index contributed by atoms with van der Waals surface area (Å²) in [6, 6.07) is 0. The highest BCUT2D eigenvalue weighted by atomic mass is 32.1. The van der Waals surface area contributed by atoms with Crippen LogP contribution in [0.3, 0.4) is 0 Å². The summed E-state index contributed by atoms with van der Waals surface area (Å²) in [6.07, 6.45) is 4.63. The van der Waals surface area contributed by atoms with Crippen molar-refractivity contribution in [3.8, 4) is 11.3 Å². The highest BCUT2D eigenvalue weighted by Crippen LogP contribution is 2.23. The van der Waals surface area contributed by atoms with Crippen LogP contribution in [0.5, 0.6) is 0 Å². The molecule has 0 saturated carbocycles. The fourth-order valence-electron chi connectivity index (χ4n) is 1.72. The molecule has 0 atom stereocenters. The molecule has 0 aliphatic carbocycles. The van der Waals surface area contributed by atoms with E-state index in [4.69, 9.17) is 0 Å². The molecule has 0 spiro atoms. The van der Waals surface area contributed by atoms with Gasteiger partial charge in [0, 0.05) is 36.0 Å². The smallest absolute Gasteiger partial charge is 0.0992 e. The van der Waals surface area contributed by atoms with E-state index in [2.05, 4.69) is 25.8 Å². The van der Waals surface area contributed by atoms with E-state index >= 15 is 0 Å². The molecule has 0 radical (unpaired) electrons. The van der Waals surface area contributed by atoms with Gasteiger partial charge in [0.2, 0.25) is 0 Å². The Kier molecular flexibility index (Phi) is 2.97. The summed E-state index contributed by atoms with van der Waals surface area (Å²) < 4.78 is 1.79. The Labute approximate surface area is 113 Å². The molecule has 3 rings (SSSR count). The van der Waals surface area contributed by atoms with Gasteiger partial charge in [-0.1, -0.05) is 0 Å². The van der Waals surface area contributed by atoms with Crippen molar-refractivity contribution in [2.75, 3.05) is 0 Å². The second-order valence-corrected chi connectivity index (χ2v) is 6.07. The molecule has 18 heavy (non-hydrogen) atoms. The van der Waals surface area contributed by atoms with Crippen LogP contribution in [0, 0.1) is 6.92 Å². The van der Waals surface area contributed by atoms with Gasteiger partial charge in [-0.3, -0.25) is 4.68 Å². The summed E-state index contributed by atoms with van der Waals surface area (Å²) in [7, 11) is 1.91. The topological polar surface area (TPSA) is 43.6 Å². The number of rotatable bonds is 3. The predicted molar refractivity (Wildman–Crippen MR) is 74.0 cm³/mol. The first-order valence-electron chi connectivity index (χ1n) is 5.55. The Bertz CT molecular complexity index is 665. The van der Waals surface area contributed by atoms with Gasteiger partial charge < -0.3 is 0 Å². The molecule has 0 aliphatic heterocycles. The first kappa shape index (κ1) is 11.6. The quantitative estimate of drug-likeness (QED) is 0.739. The van der Waals surface area contributed by atoms with Gasteiger partial charge in [0.05, 0.1) is 27.6 Å². The third-order valence-corrected chi connectivity index (χ3v) is 4.22. The maximum absolute atomic E-state index is 4.63. The molecule has 0 aliphatic rings. The minimum Gasteiger partial charge on any atom is -0.275 e. The minimum absolute atomic E-state index is 0.815. The fourth-order valence-corrected chi connectivity index (χ4v) is 3.15. The minimum atomic E-state index is 0.815. The van der Waals surface area contributed by atoms with E-state index in [0.29, 0.717) is 0 Å². The van der Waals surface area contributed by atoms with E-state index in [1.54, 1.807) is 27.4 Å². The van der Waals surface area contributed by atoms with Gasteiger partial charge in [0.25, 0.3) is 0 Å². The van der Waals surface area contributed by atoms with Crippen LogP contribution < -0.4 is 0 Å². The van der Waals surface area contributed by atoms with Gasteiger partial charge in [0.1, 0.15) is 0 Å². The zero-order valence-corrected chi connectivity index (χ0v) is 11.8. The normalized spacial score (nSPS) is 11.0. The van der Waals surface area contributed by atoms with Crippen molar-refractivity contribution in [2.24, 2.45) is 7.05 Å². The molecular weight excluding hydrogens is 264 g/mol. The number of aromatic nitrogens is 4. The highest BCUT2D eigenvalue weighted by molar-refractivity contribution is 7.10. The van der Waals surface area contributed by atoms with Gasteiger partial charge >= 0.3 is 0 Å². The molecule has 3 aromatic heterocycles. The number of hydrogen-bond donors (Lipinski definition) is 0. The van der Waals surface area contributed by atoms with Gasteiger partial charge in [0.15, 0.2) is 0 Å². The molecule has 0 N–H and O–H groups in total. The second-order valence-electron chi connectivity index (χ2n) is 4.06. The zero-order valence-electron chi connectivity index (χ0n) is 10.1.